The van der Waals surface area contributed by atoms with Crippen molar-refractivity contribution >= 4 is 11.6 Å². The molecule has 0 saturated carbocycles. The normalized spacial score (nSPS) is 25.9. The van der Waals surface area contributed by atoms with E-state index in [9.17, 15) is 0 Å². The van der Waals surface area contributed by atoms with E-state index < -0.39 is 0 Å². The van der Waals surface area contributed by atoms with Gasteiger partial charge in [-0.25, -0.2) is 0 Å². The summed E-state index contributed by atoms with van der Waals surface area (Å²) in [4.78, 5) is 4.96. The number of rotatable bonds is 1. The average molecular weight is 315 g/mol. The van der Waals surface area contributed by atoms with Crippen molar-refractivity contribution in [2.24, 2.45) is 5.90 Å². The zero-order chi connectivity index (χ0) is 15.3. The number of fused-ring (bicyclic) bond motifs is 5. The average Bonchev–Trinajstić information content (AvgIpc) is 2.79. The van der Waals surface area contributed by atoms with Gasteiger partial charge in [-0.05, 0) is 54.2 Å². The number of nitrogens with one attached hydrogen (secondary N) is 1. The highest BCUT2D eigenvalue weighted by atomic mass is 35.5. The van der Waals surface area contributed by atoms with E-state index in [-0.39, 0.29) is 0 Å². The molecule has 2 aromatic carbocycles. The molecule has 0 bridgehead atoms. The summed E-state index contributed by atoms with van der Waals surface area (Å²) in [5.74, 6) is 6.27. The van der Waals surface area contributed by atoms with Crippen LogP contribution in [0, 0.1) is 0 Å². The molecular weight excluding hydrogens is 296 g/mol. The molecule has 3 nitrogen and oxygen atoms in total. The van der Waals surface area contributed by atoms with Gasteiger partial charge in [0.25, 0.3) is 0 Å². The smallest absolute Gasteiger partial charge is 0.165 e. The maximum absolute atomic E-state index is 6.28. The fraction of sp³-hybridized carbons (Fsp3) is 0.333. The van der Waals surface area contributed by atoms with Crippen molar-refractivity contribution in [3.63, 3.8) is 0 Å². The van der Waals surface area contributed by atoms with Crippen LogP contribution in [0.1, 0.15) is 35.1 Å². The van der Waals surface area contributed by atoms with Gasteiger partial charge in [-0.15, -0.1) is 0 Å². The summed E-state index contributed by atoms with van der Waals surface area (Å²) >= 11 is 6.28. The zero-order valence-corrected chi connectivity index (χ0v) is 13.2. The molecule has 1 unspecified atom stereocenters. The lowest BCUT2D eigenvalue weighted by Gasteiger charge is -2.22. The van der Waals surface area contributed by atoms with Crippen LogP contribution >= 0.6 is 11.6 Å². The number of hydrogen-bond donors (Lipinski definition) is 2. The van der Waals surface area contributed by atoms with Crippen LogP contribution in [-0.4, -0.2) is 12.1 Å². The molecule has 114 valence electrons. The van der Waals surface area contributed by atoms with Gasteiger partial charge in [-0.1, -0.05) is 35.9 Å². The lowest BCUT2D eigenvalue weighted by molar-refractivity contribution is 0.334. The molecule has 0 saturated heterocycles. The molecule has 0 aromatic heterocycles. The van der Waals surface area contributed by atoms with Crippen LogP contribution in [0.5, 0.6) is 5.75 Å². The zero-order valence-electron chi connectivity index (χ0n) is 12.5. The van der Waals surface area contributed by atoms with Crippen molar-refractivity contribution < 1.29 is 4.84 Å². The SMILES string of the molecule is CC1Cc2cc(Cl)c(ON)cc2[C@@H]2c3ccccc3C[C@H]2N1. The number of nitrogens with two attached hydrogens (primary N) is 1. The standard InChI is InChI=1S/C18H19ClN2O/c1-10-6-12-7-15(19)17(22-20)9-14(12)18-13-5-3-2-4-11(13)8-16(18)21-10/h2-5,7,9-10,16,18,21H,6,8,20H2,1H3/t10?,16-,18+/m1/s1. The summed E-state index contributed by atoms with van der Waals surface area (Å²) in [7, 11) is 0. The highest BCUT2D eigenvalue weighted by molar-refractivity contribution is 6.32. The minimum absolute atomic E-state index is 0.335. The quantitative estimate of drug-likeness (QED) is 0.795. The van der Waals surface area contributed by atoms with Crippen LogP contribution in [0.4, 0.5) is 0 Å². The van der Waals surface area contributed by atoms with Crippen LogP contribution in [0.2, 0.25) is 5.02 Å². The second kappa shape index (κ2) is 5.27. The summed E-state index contributed by atoms with van der Waals surface area (Å²) < 4.78 is 0. The summed E-state index contributed by atoms with van der Waals surface area (Å²) in [5, 5.41) is 4.36. The lowest BCUT2D eigenvalue weighted by Crippen LogP contribution is -2.38. The second-order valence-corrected chi connectivity index (χ2v) is 6.77. The Bertz CT molecular complexity index is 731. The van der Waals surface area contributed by atoms with E-state index in [0.717, 1.165) is 12.8 Å². The maximum atomic E-state index is 6.28. The Kier molecular flexibility index (Phi) is 3.37. The highest BCUT2D eigenvalue weighted by Crippen LogP contribution is 2.44. The summed E-state index contributed by atoms with van der Waals surface area (Å²) in [6.07, 6.45) is 2.03. The molecule has 0 spiro atoms. The maximum Gasteiger partial charge on any atom is 0.165 e. The molecule has 4 heteroatoms. The molecule has 2 aliphatic rings. The summed E-state index contributed by atoms with van der Waals surface area (Å²) in [6, 6.07) is 13.6. The Morgan fingerprint density at radius 1 is 1.14 bits per heavy atom. The van der Waals surface area contributed by atoms with Crippen LogP contribution in [0.3, 0.4) is 0 Å². The minimum atomic E-state index is 0.335. The van der Waals surface area contributed by atoms with E-state index in [4.69, 9.17) is 22.3 Å². The van der Waals surface area contributed by atoms with Gasteiger partial charge < -0.3 is 10.2 Å². The molecule has 2 aromatic rings. The van der Waals surface area contributed by atoms with Gasteiger partial charge >= 0.3 is 0 Å². The molecule has 4 rings (SSSR count). The van der Waals surface area contributed by atoms with E-state index >= 15 is 0 Å². The first-order chi connectivity index (χ1) is 10.7. The first kappa shape index (κ1) is 14.1. The Labute approximate surface area is 135 Å². The van der Waals surface area contributed by atoms with Gasteiger partial charge in [0.05, 0.1) is 5.02 Å². The third kappa shape index (κ3) is 2.12. The van der Waals surface area contributed by atoms with Gasteiger partial charge in [-0.3, -0.25) is 0 Å². The Morgan fingerprint density at radius 2 is 1.95 bits per heavy atom. The van der Waals surface area contributed by atoms with Crippen molar-refractivity contribution in [2.75, 3.05) is 0 Å². The fourth-order valence-corrected chi connectivity index (χ4v) is 4.29. The molecule has 1 aliphatic carbocycles. The highest BCUT2D eigenvalue weighted by Gasteiger charge is 2.37. The van der Waals surface area contributed by atoms with Crippen molar-refractivity contribution in [2.45, 2.75) is 37.8 Å². The summed E-state index contributed by atoms with van der Waals surface area (Å²) in [5.41, 5.74) is 5.41. The van der Waals surface area contributed by atoms with E-state index in [0.29, 0.717) is 28.8 Å². The van der Waals surface area contributed by atoms with Crippen molar-refractivity contribution in [1.82, 2.24) is 5.32 Å². The third-order valence-electron chi connectivity index (χ3n) is 4.91. The molecule has 22 heavy (non-hydrogen) atoms. The fourth-order valence-electron chi connectivity index (χ4n) is 4.06. The predicted octanol–water partition coefficient (Wildman–Crippen LogP) is 3.18. The number of halogens is 1. The van der Waals surface area contributed by atoms with Gasteiger partial charge in [0.15, 0.2) is 5.75 Å². The van der Waals surface area contributed by atoms with Crippen molar-refractivity contribution in [3.05, 3.63) is 63.7 Å². The van der Waals surface area contributed by atoms with E-state index in [2.05, 4.69) is 36.5 Å². The van der Waals surface area contributed by atoms with Gasteiger partial charge in [0.2, 0.25) is 0 Å². The van der Waals surface area contributed by atoms with Crippen LogP contribution in [0.25, 0.3) is 0 Å². The Balaban J connectivity index is 1.92. The first-order valence-corrected chi connectivity index (χ1v) is 8.08. The van der Waals surface area contributed by atoms with Gasteiger partial charge in [0, 0.05) is 18.0 Å². The molecule has 1 heterocycles. The number of hydrogen-bond acceptors (Lipinski definition) is 3. The molecule has 3 atom stereocenters. The molecule has 1 aliphatic heterocycles. The van der Waals surface area contributed by atoms with E-state index in [1.807, 2.05) is 12.1 Å². The topological polar surface area (TPSA) is 47.3 Å². The van der Waals surface area contributed by atoms with Crippen molar-refractivity contribution in [3.8, 4) is 5.75 Å². The molecule has 0 radical (unpaired) electrons. The second-order valence-electron chi connectivity index (χ2n) is 6.36. The predicted molar refractivity (Wildman–Crippen MR) is 88.3 cm³/mol. The number of benzene rings is 2. The monoisotopic (exact) mass is 314 g/mol. The lowest BCUT2D eigenvalue weighted by atomic mass is 9.87. The van der Waals surface area contributed by atoms with Crippen LogP contribution in [0.15, 0.2) is 36.4 Å². The van der Waals surface area contributed by atoms with Crippen LogP contribution in [-0.2, 0) is 12.8 Å². The van der Waals surface area contributed by atoms with Crippen LogP contribution < -0.4 is 16.1 Å². The van der Waals surface area contributed by atoms with Gasteiger partial charge in [-0.2, -0.15) is 5.90 Å². The van der Waals surface area contributed by atoms with E-state index in [1.54, 1.807) is 0 Å². The Hall–Kier alpha value is -1.55. The Morgan fingerprint density at radius 3 is 2.77 bits per heavy atom. The largest absolute Gasteiger partial charge is 0.410 e. The third-order valence-corrected chi connectivity index (χ3v) is 5.21. The van der Waals surface area contributed by atoms with E-state index in [1.165, 1.54) is 22.3 Å². The molecule has 0 fully saturated rings. The first-order valence-electron chi connectivity index (χ1n) is 7.70. The minimum Gasteiger partial charge on any atom is -0.410 e. The van der Waals surface area contributed by atoms with Gasteiger partial charge in [0.1, 0.15) is 0 Å². The molecule has 3 N–H and O–H groups in total. The molecule has 0 amide bonds. The molecular formula is C18H19ClN2O. The van der Waals surface area contributed by atoms with Crippen molar-refractivity contribution in [1.29, 1.82) is 0 Å². The summed E-state index contributed by atoms with van der Waals surface area (Å²) in [6.45, 7) is 2.23.